The van der Waals surface area contributed by atoms with E-state index in [4.69, 9.17) is 32.7 Å². The molecule has 0 saturated heterocycles. The second kappa shape index (κ2) is 11.3. The number of nitrogens with one attached hydrogen (secondary N) is 2. The molecule has 0 bridgehead atoms. The third-order valence-electron chi connectivity index (χ3n) is 4.57. The molecule has 3 rings (SSSR count). The zero-order valence-electron chi connectivity index (χ0n) is 18.1. The lowest BCUT2D eigenvalue weighted by Gasteiger charge is -2.13. The highest BCUT2D eigenvalue weighted by Gasteiger charge is 2.16. The number of carbonyl (C=O) groups excluding carboxylic acids is 2. The second-order valence-corrected chi connectivity index (χ2v) is 9.24. The molecule has 9 heteroatoms. The summed E-state index contributed by atoms with van der Waals surface area (Å²) in [6.45, 7) is 1.80. The number of hydrogen-bond donors (Lipinski definition) is 2. The van der Waals surface area contributed by atoms with Crippen LogP contribution in [0.5, 0.6) is 11.5 Å². The molecule has 1 atom stereocenters. The van der Waals surface area contributed by atoms with Crippen LogP contribution in [-0.2, 0) is 4.79 Å². The molecule has 6 nitrogen and oxygen atoms in total. The van der Waals surface area contributed by atoms with E-state index in [1.54, 1.807) is 55.5 Å². The maximum absolute atomic E-state index is 12.6. The first-order valence-corrected chi connectivity index (χ1v) is 11.5. The molecule has 2 amide bonds. The zero-order valence-corrected chi connectivity index (χ0v) is 20.5. The van der Waals surface area contributed by atoms with E-state index in [2.05, 4.69) is 10.6 Å². The predicted molar refractivity (Wildman–Crippen MR) is 134 cm³/mol. The lowest BCUT2D eigenvalue weighted by atomic mass is 10.2. The summed E-state index contributed by atoms with van der Waals surface area (Å²) < 4.78 is 10.4. The highest BCUT2D eigenvalue weighted by atomic mass is 35.5. The maximum atomic E-state index is 12.6. The SMILES string of the molecule is COc1ccc(C(=O)Nc2ccc(SC(C)C(=O)Nc3cc(Cl)cc(Cl)c3)cc2)cc1OC. The number of halogens is 2. The molecule has 33 heavy (non-hydrogen) atoms. The highest BCUT2D eigenvalue weighted by Crippen LogP contribution is 2.29. The summed E-state index contributed by atoms with van der Waals surface area (Å²) in [6.07, 6.45) is 0. The third kappa shape index (κ3) is 6.81. The van der Waals surface area contributed by atoms with Gasteiger partial charge in [0.15, 0.2) is 11.5 Å². The van der Waals surface area contributed by atoms with Crippen LogP contribution in [0.25, 0.3) is 0 Å². The first-order valence-electron chi connectivity index (χ1n) is 9.86. The van der Waals surface area contributed by atoms with E-state index in [0.29, 0.717) is 38.5 Å². The Balaban J connectivity index is 1.59. The summed E-state index contributed by atoms with van der Waals surface area (Å²) in [6, 6.07) is 17.1. The molecule has 2 N–H and O–H groups in total. The van der Waals surface area contributed by atoms with Crippen LogP contribution in [0.2, 0.25) is 10.0 Å². The van der Waals surface area contributed by atoms with Gasteiger partial charge in [-0.15, -0.1) is 11.8 Å². The summed E-state index contributed by atoms with van der Waals surface area (Å²) in [5.74, 6) is 0.574. The van der Waals surface area contributed by atoms with Gasteiger partial charge in [-0.05, 0) is 67.6 Å². The first kappa shape index (κ1) is 24.8. The number of rotatable bonds is 8. The lowest BCUT2D eigenvalue weighted by molar-refractivity contribution is -0.115. The minimum absolute atomic E-state index is 0.177. The third-order valence-corrected chi connectivity index (χ3v) is 6.12. The van der Waals surface area contributed by atoms with Crippen LogP contribution in [0.3, 0.4) is 0 Å². The van der Waals surface area contributed by atoms with Crippen molar-refractivity contribution in [3.05, 3.63) is 76.3 Å². The Kier molecular flexibility index (Phi) is 8.49. The van der Waals surface area contributed by atoms with Crippen LogP contribution in [0.15, 0.2) is 65.6 Å². The number of amides is 2. The van der Waals surface area contributed by atoms with Gasteiger partial charge in [-0.25, -0.2) is 0 Å². The molecular weight excluding hydrogens is 483 g/mol. The van der Waals surface area contributed by atoms with E-state index in [0.717, 1.165) is 4.90 Å². The number of benzene rings is 3. The molecule has 0 radical (unpaired) electrons. The summed E-state index contributed by atoms with van der Waals surface area (Å²) >= 11 is 13.3. The first-order chi connectivity index (χ1) is 15.8. The molecule has 0 spiro atoms. The molecule has 1 unspecified atom stereocenters. The molecule has 0 aliphatic rings. The molecule has 0 saturated carbocycles. The molecule has 0 aromatic heterocycles. The highest BCUT2D eigenvalue weighted by molar-refractivity contribution is 8.00. The van der Waals surface area contributed by atoms with Crippen molar-refractivity contribution in [2.75, 3.05) is 24.9 Å². The summed E-state index contributed by atoms with van der Waals surface area (Å²) in [5, 5.41) is 6.19. The van der Waals surface area contributed by atoms with Gasteiger partial charge in [0.1, 0.15) is 0 Å². The van der Waals surface area contributed by atoms with Gasteiger partial charge in [0.05, 0.1) is 19.5 Å². The Morgan fingerprint density at radius 2 is 1.45 bits per heavy atom. The number of thioether (sulfide) groups is 1. The monoisotopic (exact) mass is 504 g/mol. The predicted octanol–water partition coefficient (Wildman–Crippen LogP) is 6.38. The van der Waals surface area contributed by atoms with Crippen LogP contribution in [0.4, 0.5) is 11.4 Å². The van der Waals surface area contributed by atoms with E-state index >= 15 is 0 Å². The average Bonchev–Trinajstić information content (AvgIpc) is 2.79. The molecule has 3 aromatic carbocycles. The van der Waals surface area contributed by atoms with E-state index in [1.807, 2.05) is 12.1 Å². The second-order valence-electron chi connectivity index (χ2n) is 6.96. The van der Waals surface area contributed by atoms with E-state index in [1.165, 1.54) is 26.0 Å². The summed E-state index contributed by atoms with van der Waals surface area (Å²) in [4.78, 5) is 26.0. The maximum Gasteiger partial charge on any atom is 0.255 e. The normalized spacial score (nSPS) is 11.4. The molecule has 172 valence electrons. The number of carbonyl (C=O) groups is 2. The van der Waals surface area contributed by atoms with E-state index in [-0.39, 0.29) is 17.1 Å². The van der Waals surface area contributed by atoms with Crippen molar-refractivity contribution in [3.8, 4) is 11.5 Å². The molecule has 3 aromatic rings. The Morgan fingerprint density at radius 1 is 0.818 bits per heavy atom. The van der Waals surface area contributed by atoms with Crippen molar-refractivity contribution in [1.82, 2.24) is 0 Å². The largest absolute Gasteiger partial charge is 0.493 e. The molecule has 0 heterocycles. The van der Waals surface area contributed by atoms with Crippen molar-refractivity contribution in [1.29, 1.82) is 0 Å². The van der Waals surface area contributed by atoms with Crippen molar-refractivity contribution in [2.24, 2.45) is 0 Å². The van der Waals surface area contributed by atoms with Gasteiger partial charge in [0.25, 0.3) is 5.91 Å². The Hall–Kier alpha value is -2.87. The van der Waals surface area contributed by atoms with Gasteiger partial charge in [-0.3, -0.25) is 9.59 Å². The Morgan fingerprint density at radius 3 is 2.06 bits per heavy atom. The fourth-order valence-corrected chi connectivity index (χ4v) is 4.32. The molecule has 0 fully saturated rings. The fraction of sp³-hybridized carbons (Fsp3) is 0.167. The molecule has 0 aliphatic heterocycles. The van der Waals surface area contributed by atoms with Crippen LogP contribution in [0.1, 0.15) is 17.3 Å². The average molecular weight is 505 g/mol. The lowest BCUT2D eigenvalue weighted by Crippen LogP contribution is -2.22. The van der Waals surface area contributed by atoms with Gasteiger partial charge >= 0.3 is 0 Å². The Bertz CT molecular complexity index is 1140. The van der Waals surface area contributed by atoms with Gasteiger partial charge in [-0.2, -0.15) is 0 Å². The minimum atomic E-state index is -0.366. The van der Waals surface area contributed by atoms with Gasteiger partial charge < -0.3 is 20.1 Å². The molecular formula is C24H22Cl2N2O4S. The van der Waals surface area contributed by atoms with Crippen LogP contribution in [-0.4, -0.2) is 31.3 Å². The van der Waals surface area contributed by atoms with Crippen molar-refractivity contribution in [2.45, 2.75) is 17.1 Å². The number of ether oxygens (including phenoxy) is 2. The van der Waals surface area contributed by atoms with Crippen LogP contribution in [0, 0.1) is 0 Å². The van der Waals surface area contributed by atoms with Gasteiger partial charge in [0.2, 0.25) is 5.91 Å². The van der Waals surface area contributed by atoms with Crippen LogP contribution < -0.4 is 20.1 Å². The molecule has 0 aliphatic carbocycles. The van der Waals surface area contributed by atoms with E-state index < -0.39 is 0 Å². The van der Waals surface area contributed by atoms with Crippen molar-refractivity contribution in [3.63, 3.8) is 0 Å². The standard InChI is InChI=1S/C24H22Cl2N2O4S/c1-14(23(29)28-19-12-16(25)11-17(26)13-19)33-20-7-5-18(6-8-20)27-24(30)15-4-9-21(31-2)22(10-15)32-3/h4-14H,1-3H3,(H,27,30)(H,28,29). The van der Waals surface area contributed by atoms with Crippen LogP contribution >= 0.6 is 35.0 Å². The smallest absolute Gasteiger partial charge is 0.255 e. The quantitative estimate of drug-likeness (QED) is 0.348. The van der Waals surface area contributed by atoms with Crippen molar-refractivity contribution >= 4 is 58.2 Å². The van der Waals surface area contributed by atoms with E-state index in [9.17, 15) is 9.59 Å². The Labute approximate surface area is 206 Å². The topological polar surface area (TPSA) is 76.7 Å². The summed E-state index contributed by atoms with van der Waals surface area (Å²) in [5.41, 5.74) is 1.61. The number of hydrogen-bond acceptors (Lipinski definition) is 5. The fourth-order valence-electron chi connectivity index (χ4n) is 2.93. The summed E-state index contributed by atoms with van der Waals surface area (Å²) in [7, 11) is 3.05. The number of methoxy groups -OCH3 is 2. The van der Waals surface area contributed by atoms with Gasteiger partial charge in [-0.1, -0.05) is 23.2 Å². The minimum Gasteiger partial charge on any atom is -0.493 e. The van der Waals surface area contributed by atoms with Gasteiger partial charge in [0, 0.05) is 31.9 Å². The number of anilines is 2. The van der Waals surface area contributed by atoms with Crippen molar-refractivity contribution < 1.29 is 19.1 Å². The zero-order chi connectivity index (χ0) is 24.0.